The van der Waals surface area contributed by atoms with Crippen molar-refractivity contribution < 1.29 is 23.7 Å². The maximum atomic E-state index is 12.1. The largest absolute Gasteiger partial charge is 0.493 e. The second-order valence-corrected chi connectivity index (χ2v) is 11.5. The first-order valence-electron chi connectivity index (χ1n) is 13.4. The van der Waals surface area contributed by atoms with Gasteiger partial charge in [0.05, 0.1) is 38.3 Å². The van der Waals surface area contributed by atoms with E-state index in [0.29, 0.717) is 39.5 Å². The van der Waals surface area contributed by atoms with Crippen LogP contribution in [0.25, 0.3) is 11.1 Å². The van der Waals surface area contributed by atoms with Gasteiger partial charge in [0.25, 0.3) is 0 Å². The second-order valence-electron chi connectivity index (χ2n) is 11.5. The lowest BCUT2D eigenvalue weighted by Crippen LogP contribution is -2.48. The van der Waals surface area contributed by atoms with E-state index in [9.17, 15) is 4.79 Å². The molecule has 0 unspecified atom stereocenters. The molecule has 1 aliphatic rings. The van der Waals surface area contributed by atoms with E-state index in [0.717, 1.165) is 22.6 Å². The Kier molecular flexibility index (Phi) is 8.47. The number of carbonyl (C=O) groups excluding carboxylic acids is 1. The van der Waals surface area contributed by atoms with E-state index >= 15 is 0 Å². The minimum atomic E-state index is -0.303. The minimum absolute atomic E-state index is 0.116. The molecule has 5 nitrogen and oxygen atoms in total. The van der Waals surface area contributed by atoms with Gasteiger partial charge in [0, 0.05) is 0 Å². The molecule has 0 aliphatic carbocycles. The SMILES string of the molecule is CCOC(=O)CC1(c2ccc(OCc3cccc(-c4c(C)cc(OCC(C)(C)C)cc4C)c3)cc2)COC1. The van der Waals surface area contributed by atoms with Crippen molar-refractivity contribution in [3.8, 4) is 22.6 Å². The van der Waals surface area contributed by atoms with Crippen LogP contribution in [0, 0.1) is 19.3 Å². The lowest BCUT2D eigenvalue weighted by molar-refractivity contribution is -0.151. The Labute approximate surface area is 227 Å². The number of hydrogen-bond donors (Lipinski definition) is 0. The zero-order chi connectivity index (χ0) is 27.3. The van der Waals surface area contributed by atoms with Crippen LogP contribution in [0.4, 0.5) is 0 Å². The molecule has 5 heteroatoms. The van der Waals surface area contributed by atoms with Gasteiger partial charge in [-0.15, -0.1) is 0 Å². The summed E-state index contributed by atoms with van der Waals surface area (Å²) < 4.78 is 22.8. The third-order valence-corrected chi connectivity index (χ3v) is 6.81. The zero-order valence-electron chi connectivity index (χ0n) is 23.6. The van der Waals surface area contributed by atoms with Gasteiger partial charge in [-0.2, -0.15) is 0 Å². The first-order chi connectivity index (χ1) is 18.1. The Balaban J connectivity index is 1.42. The van der Waals surface area contributed by atoms with E-state index in [1.54, 1.807) is 0 Å². The van der Waals surface area contributed by atoms with Crippen LogP contribution in [0.15, 0.2) is 60.7 Å². The van der Waals surface area contributed by atoms with Crippen molar-refractivity contribution in [3.63, 3.8) is 0 Å². The van der Waals surface area contributed by atoms with Crippen LogP contribution in [-0.2, 0) is 26.3 Å². The molecule has 38 heavy (non-hydrogen) atoms. The summed E-state index contributed by atoms with van der Waals surface area (Å²) in [6.45, 7) is 15.2. The van der Waals surface area contributed by atoms with Crippen LogP contribution >= 0.6 is 0 Å². The zero-order valence-corrected chi connectivity index (χ0v) is 23.6. The summed E-state index contributed by atoms with van der Waals surface area (Å²) in [7, 11) is 0. The van der Waals surface area contributed by atoms with Crippen molar-refractivity contribution in [2.24, 2.45) is 5.41 Å². The van der Waals surface area contributed by atoms with E-state index in [-0.39, 0.29) is 16.8 Å². The molecule has 0 bridgehead atoms. The maximum Gasteiger partial charge on any atom is 0.306 e. The van der Waals surface area contributed by atoms with Gasteiger partial charge in [0.2, 0.25) is 0 Å². The predicted octanol–water partition coefficient (Wildman–Crippen LogP) is 7.20. The van der Waals surface area contributed by atoms with Crippen LogP contribution in [0.3, 0.4) is 0 Å². The van der Waals surface area contributed by atoms with Crippen molar-refractivity contribution in [2.45, 2.75) is 60.0 Å². The number of carbonyl (C=O) groups is 1. The van der Waals surface area contributed by atoms with Crippen molar-refractivity contribution >= 4 is 5.97 Å². The molecule has 3 aromatic carbocycles. The topological polar surface area (TPSA) is 54.0 Å². The fourth-order valence-electron chi connectivity index (χ4n) is 4.86. The van der Waals surface area contributed by atoms with Crippen LogP contribution in [0.5, 0.6) is 11.5 Å². The monoisotopic (exact) mass is 516 g/mol. The van der Waals surface area contributed by atoms with Gasteiger partial charge in [0.1, 0.15) is 18.1 Å². The lowest BCUT2D eigenvalue weighted by atomic mass is 9.76. The standard InChI is InChI=1S/C33H40O5/c1-7-36-30(34)18-33(21-35-22-33)27-11-13-28(14-12-27)37-19-25-9-8-10-26(17-25)31-23(2)15-29(16-24(31)3)38-20-32(4,5)6/h8-17H,7,18-22H2,1-6H3. The molecule has 0 amide bonds. The Morgan fingerprint density at radius 2 is 1.61 bits per heavy atom. The summed E-state index contributed by atoms with van der Waals surface area (Å²) >= 11 is 0. The average Bonchev–Trinajstić information content (AvgIpc) is 2.84. The molecule has 0 aromatic heterocycles. The number of esters is 1. The molecule has 0 spiro atoms. The van der Waals surface area contributed by atoms with Crippen LogP contribution in [0.1, 0.15) is 56.4 Å². The highest BCUT2D eigenvalue weighted by Gasteiger charge is 2.42. The number of benzene rings is 3. The highest BCUT2D eigenvalue weighted by Crippen LogP contribution is 2.37. The van der Waals surface area contributed by atoms with Crippen molar-refractivity contribution in [2.75, 3.05) is 26.4 Å². The van der Waals surface area contributed by atoms with E-state index in [4.69, 9.17) is 18.9 Å². The van der Waals surface area contributed by atoms with Crippen LogP contribution < -0.4 is 9.47 Å². The number of rotatable bonds is 10. The Hall–Kier alpha value is -3.31. The third-order valence-electron chi connectivity index (χ3n) is 6.81. The molecule has 0 saturated carbocycles. The van der Waals surface area contributed by atoms with E-state index in [2.05, 4.69) is 71.0 Å². The van der Waals surface area contributed by atoms with Crippen molar-refractivity contribution in [1.82, 2.24) is 0 Å². The smallest absolute Gasteiger partial charge is 0.306 e. The molecule has 3 aromatic rings. The average molecular weight is 517 g/mol. The Morgan fingerprint density at radius 1 is 0.921 bits per heavy atom. The fraction of sp³-hybridized carbons (Fsp3) is 0.424. The summed E-state index contributed by atoms with van der Waals surface area (Å²) in [5.41, 5.74) is 6.78. The van der Waals surface area contributed by atoms with Crippen molar-refractivity contribution in [1.29, 1.82) is 0 Å². The summed E-state index contributed by atoms with van der Waals surface area (Å²) in [4.78, 5) is 12.1. The van der Waals surface area contributed by atoms with Gasteiger partial charge in [-0.1, -0.05) is 51.1 Å². The first kappa shape index (κ1) is 27.7. The molecule has 202 valence electrons. The Morgan fingerprint density at radius 3 is 2.18 bits per heavy atom. The molecule has 1 saturated heterocycles. The van der Waals surface area contributed by atoms with E-state index < -0.39 is 0 Å². The Bertz CT molecular complexity index is 1230. The molecule has 0 atom stereocenters. The van der Waals surface area contributed by atoms with Gasteiger partial charge in [0.15, 0.2) is 0 Å². The first-order valence-corrected chi connectivity index (χ1v) is 13.4. The fourth-order valence-corrected chi connectivity index (χ4v) is 4.86. The van der Waals surface area contributed by atoms with Crippen LogP contribution in [0.2, 0.25) is 0 Å². The van der Waals surface area contributed by atoms with Crippen LogP contribution in [-0.4, -0.2) is 32.4 Å². The van der Waals surface area contributed by atoms with Gasteiger partial charge >= 0.3 is 5.97 Å². The molecule has 4 rings (SSSR count). The number of aryl methyl sites for hydroxylation is 2. The second kappa shape index (κ2) is 11.6. The predicted molar refractivity (Wildman–Crippen MR) is 151 cm³/mol. The number of ether oxygens (including phenoxy) is 4. The summed E-state index contributed by atoms with van der Waals surface area (Å²) in [6, 6.07) is 20.8. The quantitative estimate of drug-likeness (QED) is 0.267. The highest BCUT2D eigenvalue weighted by molar-refractivity contribution is 5.73. The number of hydrogen-bond acceptors (Lipinski definition) is 5. The minimum Gasteiger partial charge on any atom is -0.493 e. The summed E-state index contributed by atoms with van der Waals surface area (Å²) in [6.07, 6.45) is 0.330. The summed E-state index contributed by atoms with van der Waals surface area (Å²) in [5, 5.41) is 0. The van der Waals surface area contributed by atoms with Gasteiger partial charge in [-0.25, -0.2) is 0 Å². The molecule has 1 fully saturated rings. The van der Waals surface area contributed by atoms with Gasteiger partial charge in [-0.05, 0) is 89.9 Å². The molecule has 0 N–H and O–H groups in total. The summed E-state index contributed by atoms with van der Waals surface area (Å²) in [5.74, 6) is 1.52. The molecule has 1 aliphatic heterocycles. The lowest BCUT2D eigenvalue weighted by Gasteiger charge is -2.41. The molecular formula is C33H40O5. The maximum absolute atomic E-state index is 12.1. The normalized spacial score (nSPS) is 14.5. The van der Waals surface area contributed by atoms with Crippen molar-refractivity contribution in [3.05, 3.63) is 82.9 Å². The van der Waals surface area contributed by atoms with Gasteiger partial charge in [-0.3, -0.25) is 4.79 Å². The molecule has 1 heterocycles. The van der Waals surface area contributed by atoms with Gasteiger partial charge < -0.3 is 18.9 Å². The molecule has 0 radical (unpaired) electrons. The van der Waals surface area contributed by atoms with E-state index in [1.165, 1.54) is 22.3 Å². The van der Waals surface area contributed by atoms with E-state index in [1.807, 2.05) is 31.2 Å². The highest BCUT2D eigenvalue weighted by atomic mass is 16.5. The third kappa shape index (κ3) is 6.76. The molecular weight excluding hydrogens is 476 g/mol.